The van der Waals surface area contributed by atoms with Gasteiger partial charge in [-0.1, -0.05) is 54.6 Å². The molecular weight excluding hydrogens is 402 g/mol. The summed E-state index contributed by atoms with van der Waals surface area (Å²) in [6.07, 6.45) is 2.17. The van der Waals surface area contributed by atoms with Crippen LogP contribution < -0.4 is 4.57 Å². The van der Waals surface area contributed by atoms with Gasteiger partial charge < -0.3 is 4.40 Å². The van der Waals surface area contributed by atoms with Crippen LogP contribution in [0.3, 0.4) is 0 Å². The molecule has 3 heterocycles. The van der Waals surface area contributed by atoms with Gasteiger partial charge in [0.15, 0.2) is 11.9 Å². The first-order valence-electron chi connectivity index (χ1n) is 11.1. The van der Waals surface area contributed by atoms with Gasteiger partial charge in [-0.15, -0.1) is 0 Å². The fraction of sp³-hybridized carbons (Fsp3) is 0.0667. The number of aromatic nitrogens is 2. The summed E-state index contributed by atoms with van der Waals surface area (Å²) in [5.74, 6) is 0. The van der Waals surface area contributed by atoms with Crippen LogP contribution in [0.25, 0.3) is 65.0 Å². The van der Waals surface area contributed by atoms with E-state index in [-0.39, 0.29) is 0 Å². The predicted octanol–water partition coefficient (Wildman–Crippen LogP) is 7.34. The highest BCUT2D eigenvalue weighted by molar-refractivity contribution is 6.26. The second kappa shape index (κ2) is 6.31. The van der Waals surface area contributed by atoms with E-state index in [1.165, 1.54) is 60.2 Å². The maximum atomic E-state index is 7.59. The van der Waals surface area contributed by atoms with Crippen molar-refractivity contribution in [3.63, 3.8) is 0 Å². The summed E-state index contributed by atoms with van der Waals surface area (Å²) in [5.41, 5.74) is 9.09. The third-order valence-electron chi connectivity index (χ3n) is 7.05. The summed E-state index contributed by atoms with van der Waals surface area (Å²) < 4.78 is 4.64. The van der Waals surface area contributed by atoms with Crippen LogP contribution in [0.1, 0.15) is 5.56 Å². The Morgan fingerprint density at radius 3 is 2.42 bits per heavy atom. The number of rotatable bonds is 1. The summed E-state index contributed by atoms with van der Waals surface area (Å²) in [6.45, 7) is 9.79. The lowest BCUT2D eigenvalue weighted by Gasteiger charge is -2.14. The number of pyridine rings is 2. The normalized spacial score (nSPS) is 11.9. The lowest BCUT2D eigenvalue weighted by molar-refractivity contribution is -0.643. The molecule has 33 heavy (non-hydrogen) atoms. The largest absolute Gasteiger partial charge is 0.309 e. The van der Waals surface area contributed by atoms with Crippen molar-refractivity contribution >= 4 is 54.7 Å². The number of hydrogen-bond donors (Lipinski definition) is 0. The summed E-state index contributed by atoms with van der Waals surface area (Å²) in [5, 5.41) is 6.18. The predicted molar refractivity (Wildman–Crippen MR) is 136 cm³/mol. The van der Waals surface area contributed by atoms with Gasteiger partial charge in [0.2, 0.25) is 5.52 Å². The maximum Gasteiger partial charge on any atom is 0.224 e. The number of fused-ring (bicyclic) bond motifs is 5. The molecule has 0 spiro atoms. The molecule has 3 nitrogen and oxygen atoms in total. The Labute approximate surface area is 190 Å². The van der Waals surface area contributed by atoms with Crippen molar-refractivity contribution in [2.24, 2.45) is 7.05 Å². The Hall–Kier alpha value is -4.42. The molecule has 0 atom stereocenters. The summed E-state index contributed by atoms with van der Waals surface area (Å²) >= 11 is 0. The van der Waals surface area contributed by atoms with Crippen molar-refractivity contribution in [2.45, 2.75) is 6.92 Å². The molecule has 154 valence electrons. The van der Waals surface area contributed by atoms with E-state index in [2.05, 4.69) is 101 Å². The number of benzene rings is 4. The van der Waals surface area contributed by atoms with E-state index < -0.39 is 0 Å². The molecule has 7 aromatic rings. The van der Waals surface area contributed by atoms with E-state index in [9.17, 15) is 0 Å². The van der Waals surface area contributed by atoms with Crippen LogP contribution >= 0.6 is 0 Å². The molecule has 0 amide bonds. The van der Waals surface area contributed by atoms with Gasteiger partial charge in [-0.3, -0.25) is 0 Å². The molecule has 0 bridgehead atoms. The van der Waals surface area contributed by atoms with Gasteiger partial charge in [-0.05, 0) is 47.2 Å². The van der Waals surface area contributed by atoms with Gasteiger partial charge in [0, 0.05) is 22.4 Å². The summed E-state index contributed by atoms with van der Waals surface area (Å²) in [6, 6.07) is 27.9. The van der Waals surface area contributed by atoms with Gasteiger partial charge in [-0.2, -0.15) is 0 Å². The highest BCUT2D eigenvalue weighted by Crippen LogP contribution is 2.42. The van der Waals surface area contributed by atoms with Crippen molar-refractivity contribution in [1.29, 1.82) is 0 Å². The second-order valence-electron chi connectivity index (χ2n) is 8.90. The minimum absolute atomic E-state index is 0.666. The van der Waals surface area contributed by atoms with E-state index in [1.807, 2.05) is 12.1 Å². The fourth-order valence-electron chi connectivity index (χ4n) is 5.57. The van der Waals surface area contributed by atoms with E-state index in [4.69, 9.17) is 6.57 Å². The molecule has 0 aliphatic heterocycles. The maximum absolute atomic E-state index is 7.59. The van der Waals surface area contributed by atoms with E-state index in [1.54, 1.807) is 0 Å². The van der Waals surface area contributed by atoms with Crippen molar-refractivity contribution in [3.05, 3.63) is 102 Å². The molecular formula is C30H20N3+. The van der Waals surface area contributed by atoms with E-state index in [0.29, 0.717) is 5.69 Å². The van der Waals surface area contributed by atoms with Gasteiger partial charge in [-0.25, -0.2) is 9.41 Å². The topological polar surface area (TPSA) is 12.6 Å². The lowest BCUT2D eigenvalue weighted by atomic mass is 9.96. The molecule has 0 unspecified atom stereocenters. The van der Waals surface area contributed by atoms with Crippen LogP contribution in [0.15, 0.2) is 85.1 Å². The van der Waals surface area contributed by atoms with Crippen molar-refractivity contribution in [1.82, 2.24) is 4.40 Å². The minimum Gasteiger partial charge on any atom is -0.309 e. The molecule has 0 N–H and O–H groups in total. The standard InChI is InChI=1S/C30H20N3/c1-18-9-11-24-23-12-10-22(31-2)17-25(23)33-26-16-21(19-7-5-4-6-8-19)15-20-13-14-32(3)30(28(20)26)27(18)29(24)33/h4-17H,1,3H3/q+1. The molecule has 3 heteroatoms. The van der Waals surface area contributed by atoms with Gasteiger partial charge in [0.05, 0.1) is 28.4 Å². The Morgan fingerprint density at radius 2 is 1.61 bits per heavy atom. The Balaban J connectivity index is 1.85. The van der Waals surface area contributed by atoms with Crippen molar-refractivity contribution in [2.75, 3.05) is 0 Å². The first-order chi connectivity index (χ1) is 16.2. The summed E-state index contributed by atoms with van der Waals surface area (Å²) in [7, 11) is 2.14. The molecule has 3 aromatic heterocycles. The average Bonchev–Trinajstić information content (AvgIpc) is 3.18. The fourth-order valence-corrected chi connectivity index (χ4v) is 5.57. The van der Waals surface area contributed by atoms with Crippen LogP contribution in [0, 0.1) is 13.5 Å². The van der Waals surface area contributed by atoms with Gasteiger partial charge in [0.25, 0.3) is 0 Å². The van der Waals surface area contributed by atoms with Crippen molar-refractivity contribution in [3.8, 4) is 11.1 Å². The lowest BCUT2D eigenvalue weighted by Crippen LogP contribution is -2.28. The van der Waals surface area contributed by atoms with Crippen LogP contribution in [-0.2, 0) is 7.05 Å². The Bertz CT molecular complexity index is 1940. The molecule has 4 aromatic carbocycles. The molecule has 0 saturated carbocycles. The third kappa shape index (κ3) is 2.30. The third-order valence-corrected chi connectivity index (χ3v) is 7.05. The Kier molecular flexibility index (Phi) is 3.47. The average molecular weight is 423 g/mol. The minimum atomic E-state index is 0.666. The van der Waals surface area contributed by atoms with Gasteiger partial charge in [0.1, 0.15) is 7.05 Å². The molecule has 0 radical (unpaired) electrons. The highest BCUT2D eigenvalue weighted by atomic mass is 15.0. The van der Waals surface area contributed by atoms with Crippen LogP contribution in [0.5, 0.6) is 0 Å². The zero-order valence-electron chi connectivity index (χ0n) is 18.4. The monoisotopic (exact) mass is 422 g/mol. The van der Waals surface area contributed by atoms with Crippen LogP contribution in [-0.4, -0.2) is 4.40 Å². The van der Waals surface area contributed by atoms with E-state index in [0.717, 1.165) is 5.52 Å². The smallest absolute Gasteiger partial charge is 0.224 e. The molecule has 7 rings (SSSR count). The SMILES string of the molecule is [C-]#[N+]c1ccc2c3ccc(C)c4c3n(c2c1)c1cc(-c2ccccc2)cc2cc[n+](C)c4c21. The molecule has 0 aliphatic carbocycles. The van der Waals surface area contributed by atoms with Crippen LogP contribution in [0.4, 0.5) is 5.69 Å². The zero-order valence-corrected chi connectivity index (χ0v) is 18.4. The number of aryl methyl sites for hydroxylation is 2. The Morgan fingerprint density at radius 1 is 0.788 bits per heavy atom. The first kappa shape index (κ1) is 18.2. The molecule has 0 saturated heterocycles. The van der Waals surface area contributed by atoms with Crippen LogP contribution in [0.2, 0.25) is 0 Å². The summed E-state index contributed by atoms with van der Waals surface area (Å²) in [4.78, 5) is 3.73. The van der Waals surface area contributed by atoms with Gasteiger partial charge >= 0.3 is 0 Å². The second-order valence-corrected chi connectivity index (χ2v) is 8.90. The quantitative estimate of drug-likeness (QED) is 0.114. The highest BCUT2D eigenvalue weighted by Gasteiger charge is 2.24. The first-order valence-corrected chi connectivity index (χ1v) is 11.1. The molecule has 0 fully saturated rings. The number of nitrogens with zero attached hydrogens (tertiary/aromatic N) is 3. The van der Waals surface area contributed by atoms with Crippen molar-refractivity contribution < 1.29 is 4.57 Å². The van der Waals surface area contributed by atoms with E-state index >= 15 is 0 Å². The number of hydrogen-bond acceptors (Lipinski definition) is 0. The zero-order chi connectivity index (χ0) is 22.3. The molecule has 0 aliphatic rings.